The molecular formula is C17H18N4O5S. The Bertz CT molecular complexity index is 837. The third-order valence-electron chi connectivity index (χ3n) is 4.69. The molecule has 1 aromatic heterocycles. The lowest BCUT2D eigenvalue weighted by molar-refractivity contribution is -0.155. The largest absolute Gasteiger partial charge is 0.451 e. The number of thiophene rings is 1. The zero-order valence-corrected chi connectivity index (χ0v) is 15.4. The number of imide groups is 1. The van der Waals surface area contributed by atoms with Crippen LogP contribution < -0.4 is 10.6 Å². The Kier molecular flexibility index (Phi) is 5.14. The number of nitrogens with zero attached hydrogens (tertiary/aromatic N) is 2. The summed E-state index contributed by atoms with van der Waals surface area (Å²) in [7, 11) is 0. The maximum atomic E-state index is 12.5. The van der Waals surface area contributed by atoms with Crippen LogP contribution in [0.5, 0.6) is 0 Å². The van der Waals surface area contributed by atoms with Crippen molar-refractivity contribution in [1.82, 2.24) is 10.2 Å². The van der Waals surface area contributed by atoms with Gasteiger partial charge in [0, 0.05) is 0 Å². The van der Waals surface area contributed by atoms with Gasteiger partial charge in [-0.05, 0) is 31.2 Å². The highest BCUT2D eigenvalue weighted by Crippen LogP contribution is 2.34. The van der Waals surface area contributed by atoms with Crippen LogP contribution >= 0.6 is 11.3 Å². The minimum atomic E-state index is -1.15. The van der Waals surface area contributed by atoms with E-state index in [-0.39, 0.29) is 0 Å². The van der Waals surface area contributed by atoms with Crippen molar-refractivity contribution in [2.75, 3.05) is 11.9 Å². The fourth-order valence-corrected chi connectivity index (χ4v) is 4.00. The second-order valence-electron chi connectivity index (χ2n) is 6.51. The number of amides is 4. The van der Waals surface area contributed by atoms with E-state index in [1.165, 1.54) is 18.3 Å². The highest BCUT2D eigenvalue weighted by molar-refractivity contribution is 7.14. The van der Waals surface area contributed by atoms with Gasteiger partial charge < -0.3 is 15.4 Å². The van der Waals surface area contributed by atoms with Crippen LogP contribution in [0.15, 0.2) is 11.4 Å². The number of nitriles is 1. The van der Waals surface area contributed by atoms with E-state index < -0.39 is 42.0 Å². The smallest absolute Gasteiger partial charge is 0.327 e. The van der Waals surface area contributed by atoms with Crippen molar-refractivity contribution in [3.05, 3.63) is 17.0 Å². The molecule has 10 heteroatoms. The molecule has 27 heavy (non-hydrogen) atoms. The molecule has 1 spiro atoms. The molecule has 2 N–H and O–H groups in total. The van der Waals surface area contributed by atoms with Gasteiger partial charge in [0.05, 0.1) is 5.56 Å². The molecule has 2 heterocycles. The molecule has 1 atom stereocenters. The summed E-state index contributed by atoms with van der Waals surface area (Å²) in [6, 6.07) is 2.89. The van der Waals surface area contributed by atoms with Crippen LogP contribution in [0.2, 0.25) is 0 Å². The predicted octanol–water partition coefficient (Wildman–Crippen LogP) is 1.35. The lowest BCUT2D eigenvalue weighted by atomic mass is 9.98. The number of hydrogen-bond donors (Lipinski definition) is 2. The first kappa shape index (κ1) is 18.8. The molecule has 9 nitrogen and oxygen atoms in total. The number of rotatable bonds is 5. The quantitative estimate of drug-likeness (QED) is 0.577. The monoisotopic (exact) mass is 390 g/mol. The molecule has 1 aromatic rings. The van der Waals surface area contributed by atoms with Gasteiger partial charge >= 0.3 is 12.0 Å². The lowest BCUT2D eigenvalue weighted by Gasteiger charge is -2.20. The summed E-state index contributed by atoms with van der Waals surface area (Å²) in [5.41, 5.74) is -0.583. The molecule has 1 saturated heterocycles. The summed E-state index contributed by atoms with van der Waals surface area (Å²) >= 11 is 1.18. The number of hydrogen-bond acceptors (Lipinski definition) is 7. The first-order chi connectivity index (χ1) is 12.9. The number of nitrogens with one attached hydrogen (secondary N) is 2. The third kappa shape index (κ3) is 3.64. The Morgan fingerprint density at radius 2 is 2.15 bits per heavy atom. The molecule has 4 amide bonds. The SMILES string of the molecule is C[C@H](OC(=O)CN1C(=O)NC2(CCCC2)C1=O)C(=O)Nc1sccc1C#N. The van der Waals surface area contributed by atoms with Crippen molar-refractivity contribution in [3.8, 4) is 6.07 Å². The number of ether oxygens (including phenoxy) is 1. The van der Waals surface area contributed by atoms with E-state index in [1.807, 2.05) is 6.07 Å². The average Bonchev–Trinajstić information content (AvgIpc) is 3.32. The highest BCUT2D eigenvalue weighted by Gasteiger charge is 2.52. The standard InChI is InChI=1S/C17H18N4O5S/c1-10(13(23)19-14-11(8-18)4-7-27-14)26-12(22)9-21-15(24)17(20-16(21)25)5-2-3-6-17/h4,7,10H,2-3,5-6,9H2,1H3,(H,19,23)(H,20,25)/t10-/m0/s1. The molecule has 142 valence electrons. The summed E-state index contributed by atoms with van der Waals surface area (Å²) in [5.74, 6) is -1.88. The molecule has 1 aliphatic carbocycles. The molecule has 2 fully saturated rings. The number of carbonyl (C=O) groups excluding carboxylic acids is 4. The topological polar surface area (TPSA) is 129 Å². The van der Waals surface area contributed by atoms with Gasteiger partial charge in [-0.15, -0.1) is 11.3 Å². The van der Waals surface area contributed by atoms with E-state index in [0.717, 1.165) is 17.7 Å². The molecule has 0 unspecified atom stereocenters. The Morgan fingerprint density at radius 1 is 1.44 bits per heavy atom. The Labute approximate surface area is 159 Å². The maximum Gasteiger partial charge on any atom is 0.327 e. The van der Waals surface area contributed by atoms with Crippen LogP contribution in [0, 0.1) is 11.3 Å². The van der Waals surface area contributed by atoms with Gasteiger partial charge in [-0.3, -0.25) is 19.3 Å². The maximum absolute atomic E-state index is 12.5. The fraction of sp³-hybridized carbons (Fsp3) is 0.471. The molecular weight excluding hydrogens is 372 g/mol. The van der Waals surface area contributed by atoms with Gasteiger partial charge in [-0.2, -0.15) is 5.26 Å². The second-order valence-corrected chi connectivity index (χ2v) is 7.42. The summed E-state index contributed by atoms with van der Waals surface area (Å²) in [5, 5.41) is 16.2. The van der Waals surface area contributed by atoms with Crippen LogP contribution in [0.4, 0.5) is 9.80 Å². The molecule has 3 rings (SSSR count). The van der Waals surface area contributed by atoms with E-state index in [1.54, 1.807) is 11.4 Å². The first-order valence-corrected chi connectivity index (χ1v) is 9.36. The van der Waals surface area contributed by atoms with Crippen molar-refractivity contribution in [2.45, 2.75) is 44.2 Å². The van der Waals surface area contributed by atoms with E-state index in [4.69, 9.17) is 10.00 Å². The van der Waals surface area contributed by atoms with E-state index in [2.05, 4.69) is 10.6 Å². The number of carbonyl (C=O) groups is 4. The van der Waals surface area contributed by atoms with Crippen molar-refractivity contribution >= 4 is 40.2 Å². The molecule has 1 saturated carbocycles. The number of anilines is 1. The molecule has 0 radical (unpaired) electrons. The van der Waals surface area contributed by atoms with E-state index >= 15 is 0 Å². The van der Waals surface area contributed by atoms with Gasteiger partial charge in [-0.25, -0.2) is 4.79 Å². The Morgan fingerprint density at radius 3 is 2.81 bits per heavy atom. The van der Waals surface area contributed by atoms with Gasteiger partial charge in [0.2, 0.25) is 0 Å². The summed E-state index contributed by atoms with van der Waals surface area (Å²) in [4.78, 5) is 49.6. The van der Waals surface area contributed by atoms with Crippen LogP contribution in [-0.2, 0) is 19.1 Å². The third-order valence-corrected chi connectivity index (χ3v) is 5.52. The number of urea groups is 1. The minimum absolute atomic E-state index is 0.313. The number of esters is 1. The van der Waals surface area contributed by atoms with Gasteiger partial charge in [0.25, 0.3) is 11.8 Å². The Balaban J connectivity index is 1.56. The highest BCUT2D eigenvalue weighted by atomic mass is 32.1. The van der Waals surface area contributed by atoms with E-state index in [0.29, 0.717) is 23.4 Å². The first-order valence-electron chi connectivity index (χ1n) is 8.48. The lowest BCUT2D eigenvalue weighted by Crippen LogP contribution is -2.44. The van der Waals surface area contributed by atoms with E-state index in [9.17, 15) is 19.2 Å². The van der Waals surface area contributed by atoms with Crippen LogP contribution in [0.25, 0.3) is 0 Å². The molecule has 0 aromatic carbocycles. The van der Waals surface area contributed by atoms with Gasteiger partial charge in [-0.1, -0.05) is 12.8 Å². The summed E-state index contributed by atoms with van der Waals surface area (Å²) < 4.78 is 5.04. The van der Waals surface area contributed by atoms with Crippen molar-refractivity contribution in [3.63, 3.8) is 0 Å². The van der Waals surface area contributed by atoms with Crippen molar-refractivity contribution in [2.24, 2.45) is 0 Å². The second kappa shape index (κ2) is 7.36. The minimum Gasteiger partial charge on any atom is -0.451 e. The van der Waals surface area contributed by atoms with Crippen molar-refractivity contribution < 1.29 is 23.9 Å². The normalized spacial score (nSPS) is 18.9. The van der Waals surface area contributed by atoms with Gasteiger partial charge in [0.15, 0.2) is 6.10 Å². The zero-order chi connectivity index (χ0) is 19.6. The van der Waals surface area contributed by atoms with Crippen LogP contribution in [0.3, 0.4) is 0 Å². The molecule has 0 bridgehead atoms. The van der Waals surface area contributed by atoms with Gasteiger partial charge in [0.1, 0.15) is 23.2 Å². The Hall–Kier alpha value is -2.93. The van der Waals surface area contributed by atoms with Crippen LogP contribution in [-0.4, -0.2) is 46.9 Å². The molecule has 1 aliphatic heterocycles. The van der Waals surface area contributed by atoms with Crippen molar-refractivity contribution in [1.29, 1.82) is 5.26 Å². The zero-order valence-electron chi connectivity index (χ0n) is 14.6. The van der Waals surface area contributed by atoms with Crippen LogP contribution in [0.1, 0.15) is 38.2 Å². The summed E-state index contributed by atoms with van der Waals surface area (Å²) in [6.07, 6.45) is 1.66. The molecule has 2 aliphatic rings. The average molecular weight is 390 g/mol. The summed E-state index contributed by atoms with van der Waals surface area (Å²) in [6.45, 7) is 0.823. The predicted molar refractivity (Wildman–Crippen MR) is 94.7 cm³/mol. The fourth-order valence-electron chi connectivity index (χ4n) is 3.26.